The molecule has 0 N–H and O–H groups in total. The van der Waals surface area contributed by atoms with Gasteiger partial charge in [-0.3, -0.25) is 4.79 Å². The fourth-order valence-corrected chi connectivity index (χ4v) is 2.53. The normalized spacial score (nSPS) is 13.1. The summed E-state index contributed by atoms with van der Waals surface area (Å²) in [7, 11) is 0. The summed E-state index contributed by atoms with van der Waals surface area (Å²) in [5, 5.41) is 0. The molecule has 0 spiro atoms. The maximum absolute atomic E-state index is 12.6. The summed E-state index contributed by atoms with van der Waals surface area (Å²) in [4.78, 5) is 26.5. The highest BCUT2D eigenvalue weighted by Gasteiger charge is 2.34. The highest BCUT2D eigenvalue weighted by atomic mass is 19.1. The van der Waals surface area contributed by atoms with Gasteiger partial charge in [0, 0.05) is 6.54 Å². The number of nitrogens with zero attached hydrogens (tertiary/aromatic N) is 1. The molecule has 0 saturated carbocycles. The topological polar surface area (TPSA) is 55.8 Å². The van der Waals surface area contributed by atoms with E-state index in [2.05, 4.69) is 0 Å². The molecular weight excluding hydrogens is 325 g/mol. The van der Waals surface area contributed by atoms with Gasteiger partial charge in [-0.15, -0.1) is 0 Å². The summed E-state index contributed by atoms with van der Waals surface area (Å²) in [5.74, 6) is -0.829. The minimum absolute atomic E-state index is 0.0617. The molecule has 0 aliphatic rings. The molecule has 1 aromatic carbocycles. The summed E-state index contributed by atoms with van der Waals surface area (Å²) in [6, 6.07) is 8.71. The van der Waals surface area contributed by atoms with Gasteiger partial charge >= 0.3 is 5.97 Å². The van der Waals surface area contributed by atoms with Crippen LogP contribution >= 0.6 is 0 Å². The van der Waals surface area contributed by atoms with Gasteiger partial charge in [0.2, 0.25) is 5.91 Å². The van der Waals surface area contributed by atoms with E-state index in [1.54, 1.807) is 6.92 Å². The number of rotatable bonds is 11. The molecule has 1 amide bonds. The Morgan fingerprint density at radius 2 is 1.88 bits per heavy atom. The molecule has 1 rings (SSSR count). The van der Waals surface area contributed by atoms with Crippen LogP contribution in [0.1, 0.15) is 32.8 Å². The van der Waals surface area contributed by atoms with Crippen molar-refractivity contribution in [3.8, 4) is 0 Å². The second kappa shape index (κ2) is 11.6. The summed E-state index contributed by atoms with van der Waals surface area (Å²) in [6.45, 7) is 5.17. The van der Waals surface area contributed by atoms with Crippen molar-refractivity contribution in [1.29, 1.82) is 0 Å². The summed E-state index contributed by atoms with van der Waals surface area (Å²) >= 11 is 0. The molecule has 0 saturated heterocycles. The molecule has 0 fully saturated rings. The van der Waals surface area contributed by atoms with Crippen LogP contribution in [0.5, 0.6) is 0 Å². The van der Waals surface area contributed by atoms with Crippen molar-refractivity contribution in [1.82, 2.24) is 4.90 Å². The van der Waals surface area contributed by atoms with Gasteiger partial charge in [-0.05, 0) is 18.4 Å². The van der Waals surface area contributed by atoms with Crippen molar-refractivity contribution in [2.24, 2.45) is 5.92 Å². The summed E-state index contributed by atoms with van der Waals surface area (Å²) < 4.78 is 22.6. The molecule has 0 aromatic heterocycles. The Morgan fingerprint density at radius 3 is 2.44 bits per heavy atom. The van der Waals surface area contributed by atoms with Gasteiger partial charge < -0.3 is 14.4 Å². The number of esters is 1. The SMILES string of the molecule is CC[C@H](C)[C@@H](C(=O)OCc1ccccc1)N(CC)C(=O)COCCF. The molecule has 0 aliphatic carbocycles. The zero-order valence-electron chi connectivity index (χ0n) is 15.2. The van der Waals surface area contributed by atoms with Gasteiger partial charge in [-0.2, -0.15) is 0 Å². The first-order chi connectivity index (χ1) is 12.0. The van der Waals surface area contributed by atoms with Crippen LogP contribution in [0, 0.1) is 5.92 Å². The number of hydrogen-bond donors (Lipinski definition) is 0. The third kappa shape index (κ3) is 6.82. The Morgan fingerprint density at radius 1 is 1.20 bits per heavy atom. The van der Waals surface area contributed by atoms with Crippen molar-refractivity contribution < 1.29 is 23.5 Å². The van der Waals surface area contributed by atoms with Crippen molar-refractivity contribution in [3.63, 3.8) is 0 Å². The van der Waals surface area contributed by atoms with E-state index < -0.39 is 18.7 Å². The lowest BCUT2D eigenvalue weighted by molar-refractivity contribution is -0.160. The van der Waals surface area contributed by atoms with Gasteiger partial charge in [0.1, 0.15) is 25.9 Å². The number of benzene rings is 1. The van der Waals surface area contributed by atoms with Crippen LogP contribution in [0.4, 0.5) is 4.39 Å². The van der Waals surface area contributed by atoms with Gasteiger partial charge in [0.15, 0.2) is 0 Å². The maximum atomic E-state index is 12.6. The van der Waals surface area contributed by atoms with E-state index in [0.29, 0.717) is 6.54 Å². The van der Waals surface area contributed by atoms with Crippen molar-refractivity contribution in [2.45, 2.75) is 39.8 Å². The van der Waals surface area contributed by atoms with Gasteiger partial charge in [0.25, 0.3) is 0 Å². The van der Waals surface area contributed by atoms with E-state index in [-0.39, 0.29) is 31.6 Å². The number of ether oxygens (including phenoxy) is 2. The van der Waals surface area contributed by atoms with E-state index in [9.17, 15) is 14.0 Å². The molecular formula is C19H28FNO4. The monoisotopic (exact) mass is 353 g/mol. The predicted octanol–water partition coefficient (Wildman–Crippen LogP) is 2.98. The minimum Gasteiger partial charge on any atom is -0.459 e. The lowest BCUT2D eigenvalue weighted by Gasteiger charge is -2.33. The third-order valence-electron chi connectivity index (χ3n) is 4.09. The van der Waals surface area contributed by atoms with Gasteiger partial charge in [0.05, 0.1) is 6.61 Å². The zero-order valence-corrected chi connectivity index (χ0v) is 15.2. The number of carbonyl (C=O) groups excluding carboxylic acids is 2. The second-order valence-electron chi connectivity index (χ2n) is 5.85. The number of alkyl halides is 1. The Kier molecular flexibility index (Phi) is 9.77. The molecule has 1 aromatic rings. The van der Waals surface area contributed by atoms with E-state index >= 15 is 0 Å². The molecule has 2 atom stereocenters. The van der Waals surface area contributed by atoms with Crippen LogP contribution < -0.4 is 0 Å². The molecule has 0 radical (unpaired) electrons. The number of carbonyl (C=O) groups is 2. The van der Waals surface area contributed by atoms with Crippen LogP contribution in [-0.4, -0.2) is 49.3 Å². The lowest BCUT2D eigenvalue weighted by atomic mass is 9.97. The smallest absolute Gasteiger partial charge is 0.329 e. The first-order valence-corrected chi connectivity index (χ1v) is 8.68. The molecule has 140 valence electrons. The van der Waals surface area contributed by atoms with E-state index in [1.807, 2.05) is 44.2 Å². The van der Waals surface area contributed by atoms with Crippen LogP contribution in [-0.2, 0) is 25.7 Å². The fourth-order valence-electron chi connectivity index (χ4n) is 2.53. The minimum atomic E-state index is -0.680. The predicted molar refractivity (Wildman–Crippen MR) is 93.7 cm³/mol. The Bertz CT molecular complexity index is 523. The molecule has 0 bridgehead atoms. The van der Waals surface area contributed by atoms with E-state index in [1.165, 1.54) is 4.90 Å². The van der Waals surface area contributed by atoms with Crippen molar-refractivity contribution in [2.75, 3.05) is 26.4 Å². The van der Waals surface area contributed by atoms with Crippen LogP contribution in [0.25, 0.3) is 0 Å². The fraction of sp³-hybridized carbons (Fsp3) is 0.579. The third-order valence-corrected chi connectivity index (χ3v) is 4.09. The van der Waals surface area contributed by atoms with E-state index in [0.717, 1.165) is 12.0 Å². The largest absolute Gasteiger partial charge is 0.459 e. The summed E-state index contributed by atoms with van der Waals surface area (Å²) in [6.07, 6.45) is 0.722. The molecule has 6 heteroatoms. The Labute approximate surface area is 149 Å². The first-order valence-electron chi connectivity index (χ1n) is 8.68. The second-order valence-corrected chi connectivity index (χ2v) is 5.85. The molecule has 0 heterocycles. The number of halogens is 1. The van der Waals surface area contributed by atoms with Crippen LogP contribution in [0.15, 0.2) is 30.3 Å². The average molecular weight is 353 g/mol. The Hall–Kier alpha value is -1.95. The lowest BCUT2D eigenvalue weighted by Crippen LogP contribution is -2.50. The van der Waals surface area contributed by atoms with Crippen LogP contribution in [0.3, 0.4) is 0 Å². The number of amides is 1. The maximum Gasteiger partial charge on any atom is 0.329 e. The van der Waals surface area contributed by atoms with Crippen molar-refractivity contribution >= 4 is 11.9 Å². The quantitative estimate of drug-likeness (QED) is 0.453. The molecule has 25 heavy (non-hydrogen) atoms. The van der Waals surface area contributed by atoms with Gasteiger partial charge in [-0.1, -0.05) is 50.6 Å². The molecule has 0 aliphatic heterocycles. The van der Waals surface area contributed by atoms with Gasteiger partial charge in [-0.25, -0.2) is 9.18 Å². The van der Waals surface area contributed by atoms with Crippen LogP contribution in [0.2, 0.25) is 0 Å². The Balaban J connectivity index is 2.78. The molecule has 0 unspecified atom stereocenters. The summed E-state index contributed by atoms with van der Waals surface area (Å²) in [5.41, 5.74) is 0.888. The van der Waals surface area contributed by atoms with Crippen molar-refractivity contribution in [3.05, 3.63) is 35.9 Å². The number of hydrogen-bond acceptors (Lipinski definition) is 4. The molecule has 5 nitrogen and oxygen atoms in total. The average Bonchev–Trinajstić information content (AvgIpc) is 2.64. The van der Waals surface area contributed by atoms with E-state index in [4.69, 9.17) is 9.47 Å². The highest BCUT2D eigenvalue weighted by Crippen LogP contribution is 2.18. The first kappa shape index (κ1) is 21.1. The number of likely N-dealkylation sites (N-methyl/N-ethyl adjacent to an activating group) is 1. The highest BCUT2D eigenvalue weighted by molar-refractivity contribution is 5.85. The zero-order chi connectivity index (χ0) is 18.7. The standard InChI is InChI=1S/C19H28FNO4/c1-4-15(3)18(21(5-2)17(22)14-24-12-11-20)19(23)25-13-16-9-7-6-8-10-16/h6-10,15,18H,4-5,11-14H2,1-3H3/t15-,18-/m0/s1.